The van der Waals surface area contributed by atoms with Crippen molar-refractivity contribution in [3.8, 4) is 0 Å². The van der Waals surface area contributed by atoms with Crippen LogP contribution in [-0.4, -0.2) is 12.6 Å². The Hall–Kier alpha value is -0.0400. The van der Waals surface area contributed by atoms with Gasteiger partial charge in [0.05, 0.1) is 0 Å². The Balaban J connectivity index is 1.58. The molecule has 0 heterocycles. The van der Waals surface area contributed by atoms with E-state index in [4.69, 9.17) is 0 Å². The first-order valence-electron chi connectivity index (χ1n) is 5.68. The van der Waals surface area contributed by atoms with Gasteiger partial charge in [-0.15, -0.1) is 0 Å². The molecular formula is C11H21N. The number of nitrogens with one attached hydrogen (secondary N) is 1. The van der Waals surface area contributed by atoms with Gasteiger partial charge in [-0.3, -0.25) is 0 Å². The highest BCUT2D eigenvalue weighted by Crippen LogP contribution is 2.26. The lowest BCUT2D eigenvalue weighted by atomic mass is 9.85. The smallest absolute Gasteiger partial charge is 0.00671 e. The molecule has 70 valence electrons. The Bertz CT molecular complexity index is 123. The average molecular weight is 167 g/mol. The maximum Gasteiger partial charge on any atom is 0.00671 e. The maximum absolute atomic E-state index is 3.72. The van der Waals surface area contributed by atoms with Gasteiger partial charge in [0.15, 0.2) is 0 Å². The summed E-state index contributed by atoms with van der Waals surface area (Å²) in [4.78, 5) is 0. The fourth-order valence-corrected chi connectivity index (χ4v) is 2.34. The maximum atomic E-state index is 3.72. The summed E-state index contributed by atoms with van der Waals surface area (Å²) < 4.78 is 0. The van der Waals surface area contributed by atoms with Crippen molar-refractivity contribution < 1.29 is 0 Å². The SMILES string of the molecule is C1CCC(NCC2CCC2)CC1. The van der Waals surface area contributed by atoms with E-state index in [1.807, 2.05) is 0 Å². The Morgan fingerprint density at radius 1 is 0.833 bits per heavy atom. The molecule has 2 rings (SSSR count). The van der Waals surface area contributed by atoms with E-state index in [0.717, 1.165) is 12.0 Å². The number of hydrogen-bond acceptors (Lipinski definition) is 1. The van der Waals surface area contributed by atoms with Crippen LogP contribution in [0.1, 0.15) is 51.4 Å². The van der Waals surface area contributed by atoms with Gasteiger partial charge in [0.25, 0.3) is 0 Å². The quantitative estimate of drug-likeness (QED) is 0.681. The minimum atomic E-state index is 0.874. The van der Waals surface area contributed by atoms with E-state index >= 15 is 0 Å². The molecule has 0 aromatic carbocycles. The molecule has 0 atom stereocenters. The molecule has 0 unspecified atom stereocenters. The van der Waals surface area contributed by atoms with Crippen LogP contribution in [0.2, 0.25) is 0 Å². The molecule has 12 heavy (non-hydrogen) atoms. The van der Waals surface area contributed by atoms with Gasteiger partial charge in [0, 0.05) is 6.04 Å². The highest BCUT2D eigenvalue weighted by Gasteiger charge is 2.19. The summed E-state index contributed by atoms with van der Waals surface area (Å²) in [6, 6.07) is 0.874. The Labute approximate surface area is 75.9 Å². The van der Waals surface area contributed by atoms with Crippen molar-refractivity contribution in [3.05, 3.63) is 0 Å². The first-order chi connectivity index (χ1) is 5.95. The number of hydrogen-bond donors (Lipinski definition) is 1. The molecule has 0 saturated heterocycles. The summed E-state index contributed by atoms with van der Waals surface area (Å²) in [6.45, 7) is 1.31. The zero-order valence-electron chi connectivity index (χ0n) is 8.02. The minimum Gasteiger partial charge on any atom is -0.314 e. The second-order valence-electron chi connectivity index (χ2n) is 4.54. The molecule has 2 saturated carbocycles. The third kappa shape index (κ3) is 2.22. The molecule has 0 spiro atoms. The van der Waals surface area contributed by atoms with E-state index in [1.165, 1.54) is 57.9 Å². The monoisotopic (exact) mass is 167 g/mol. The highest BCUT2D eigenvalue weighted by atomic mass is 14.9. The Morgan fingerprint density at radius 2 is 1.58 bits per heavy atom. The predicted octanol–water partition coefficient (Wildman–Crippen LogP) is 2.71. The summed E-state index contributed by atoms with van der Waals surface area (Å²) in [5.74, 6) is 1.03. The zero-order chi connectivity index (χ0) is 8.23. The van der Waals surface area contributed by atoms with E-state index < -0.39 is 0 Å². The summed E-state index contributed by atoms with van der Waals surface area (Å²) >= 11 is 0. The van der Waals surface area contributed by atoms with Crippen LogP contribution in [0, 0.1) is 5.92 Å². The van der Waals surface area contributed by atoms with Gasteiger partial charge in [-0.25, -0.2) is 0 Å². The van der Waals surface area contributed by atoms with Crippen LogP contribution >= 0.6 is 0 Å². The van der Waals surface area contributed by atoms with Crippen LogP contribution in [0.25, 0.3) is 0 Å². The molecule has 1 N–H and O–H groups in total. The van der Waals surface area contributed by atoms with Gasteiger partial charge in [0.2, 0.25) is 0 Å². The standard InChI is InChI=1S/C11H21N/c1-2-7-11(8-3-1)12-9-10-5-4-6-10/h10-12H,1-9H2. The number of rotatable bonds is 3. The summed E-state index contributed by atoms with van der Waals surface area (Å²) in [5, 5.41) is 3.72. The van der Waals surface area contributed by atoms with Crippen molar-refractivity contribution in [2.24, 2.45) is 5.92 Å². The molecular weight excluding hydrogens is 146 g/mol. The van der Waals surface area contributed by atoms with Crippen LogP contribution in [0.3, 0.4) is 0 Å². The molecule has 0 amide bonds. The molecule has 0 aliphatic heterocycles. The molecule has 1 nitrogen and oxygen atoms in total. The lowest BCUT2D eigenvalue weighted by Crippen LogP contribution is -2.36. The lowest BCUT2D eigenvalue weighted by molar-refractivity contribution is 0.270. The van der Waals surface area contributed by atoms with Gasteiger partial charge in [0.1, 0.15) is 0 Å². The van der Waals surface area contributed by atoms with E-state index in [1.54, 1.807) is 0 Å². The van der Waals surface area contributed by atoms with E-state index in [-0.39, 0.29) is 0 Å². The van der Waals surface area contributed by atoms with Gasteiger partial charge in [-0.05, 0) is 38.1 Å². The highest BCUT2D eigenvalue weighted by molar-refractivity contribution is 4.77. The van der Waals surface area contributed by atoms with Gasteiger partial charge in [-0.2, -0.15) is 0 Å². The summed E-state index contributed by atoms with van der Waals surface area (Å²) in [6.07, 6.45) is 11.7. The second-order valence-corrected chi connectivity index (χ2v) is 4.54. The molecule has 0 aromatic rings. The third-order valence-electron chi connectivity index (χ3n) is 3.53. The summed E-state index contributed by atoms with van der Waals surface area (Å²) in [5.41, 5.74) is 0. The molecule has 0 bridgehead atoms. The van der Waals surface area contributed by atoms with E-state index in [2.05, 4.69) is 5.32 Å². The van der Waals surface area contributed by atoms with Crippen molar-refractivity contribution in [1.29, 1.82) is 0 Å². The lowest BCUT2D eigenvalue weighted by Gasteiger charge is -2.30. The van der Waals surface area contributed by atoms with Crippen LogP contribution < -0.4 is 5.32 Å². The van der Waals surface area contributed by atoms with Crippen LogP contribution in [-0.2, 0) is 0 Å². The fourth-order valence-electron chi connectivity index (χ4n) is 2.34. The molecule has 2 aliphatic carbocycles. The predicted molar refractivity (Wildman–Crippen MR) is 52.2 cm³/mol. The minimum absolute atomic E-state index is 0.874. The van der Waals surface area contributed by atoms with Gasteiger partial charge < -0.3 is 5.32 Å². The fraction of sp³-hybridized carbons (Fsp3) is 1.00. The largest absolute Gasteiger partial charge is 0.314 e. The molecule has 1 heteroatoms. The molecule has 2 fully saturated rings. The molecule has 0 aromatic heterocycles. The van der Waals surface area contributed by atoms with Crippen molar-refractivity contribution in [3.63, 3.8) is 0 Å². The summed E-state index contributed by atoms with van der Waals surface area (Å²) in [7, 11) is 0. The van der Waals surface area contributed by atoms with Crippen LogP contribution in [0.4, 0.5) is 0 Å². The third-order valence-corrected chi connectivity index (χ3v) is 3.53. The normalized spacial score (nSPS) is 27.0. The topological polar surface area (TPSA) is 12.0 Å². The average Bonchev–Trinajstić information content (AvgIpc) is 2.04. The zero-order valence-corrected chi connectivity index (χ0v) is 8.02. The van der Waals surface area contributed by atoms with E-state index in [9.17, 15) is 0 Å². The first kappa shape index (κ1) is 8.55. The van der Waals surface area contributed by atoms with Crippen LogP contribution in [0.5, 0.6) is 0 Å². The molecule has 2 aliphatic rings. The van der Waals surface area contributed by atoms with Gasteiger partial charge >= 0.3 is 0 Å². The second kappa shape index (κ2) is 4.27. The van der Waals surface area contributed by atoms with Crippen molar-refractivity contribution in [2.75, 3.05) is 6.54 Å². The van der Waals surface area contributed by atoms with Gasteiger partial charge in [-0.1, -0.05) is 25.7 Å². The van der Waals surface area contributed by atoms with Crippen molar-refractivity contribution in [1.82, 2.24) is 5.32 Å². The van der Waals surface area contributed by atoms with Crippen molar-refractivity contribution >= 4 is 0 Å². The Morgan fingerprint density at radius 3 is 2.17 bits per heavy atom. The van der Waals surface area contributed by atoms with E-state index in [0.29, 0.717) is 0 Å². The first-order valence-corrected chi connectivity index (χ1v) is 5.68. The van der Waals surface area contributed by atoms with Crippen molar-refractivity contribution in [2.45, 2.75) is 57.4 Å². The molecule has 0 radical (unpaired) electrons. The Kier molecular flexibility index (Phi) is 3.04. The van der Waals surface area contributed by atoms with Crippen LogP contribution in [0.15, 0.2) is 0 Å².